The van der Waals surface area contributed by atoms with Crippen molar-refractivity contribution in [1.82, 2.24) is 4.90 Å². The van der Waals surface area contributed by atoms with Crippen LogP contribution in [0.5, 0.6) is 5.75 Å². The predicted octanol–water partition coefficient (Wildman–Crippen LogP) is 2.98. The SMILES string of the molecule is CN1CCN=C1Nc1ccc(OCc2ccccc2)cc1. The first-order valence-corrected chi connectivity index (χ1v) is 7.11. The molecule has 0 amide bonds. The van der Waals surface area contributed by atoms with E-state index in [1.54, 1.807) is 0 Å². The van der Waals surface area contributed by atoms with Gasteiger partial charge in [0.1, 0.15) is 12.4 Å². The van der Waals surface area contributed by atoms with Gasteiger partial charge in [-0.05, 0) is 29.8 Å². The Labute approximate surface area is 125 Å². The predicted molar refractivity (Wildman–Crippen MR) is 85.8 cm³/mol. The van der Waals surface area contributed by atoms with Gasteiger partial charge < -0.3 is 15.0 Å². The molecule has 4 heteroatoms. The Balaban J connectivity index is 1.57. The number of ether oxygens (including phenoxy) is 1. The number of anilines is 1. The summed E-state index contributed by atoms with van der Waals surface area (Å²) in [5.74, 6) is 1.79. The van der Waals surface area contributed by atoms with Crippen LogP contribution >= 0.6 is 0 Å². The third-order valence-electron chi connectivity index (χ3n) is 3.42. The summed E-state index contributed by atoms with van der Waals surface area (Å²) in [6, 6.07) is 18.1. The van der Waals surface area contributed by atoms with Gasteiger partial charge in [-0.25, -0.2) is 0 Å². The largest absolute Gasteiger partial charge is 0.489 e. The summed E-state index contributed by atoms with van der Waals surface area (Å²) in [5.41, 5.74) is 2.19. The fraction of sp³-hybridized carbons (Fsp3) is 0.235. The molecular formula is C17H19N3O. The van der Waals surface area contributed by atoms with E-state index in [0.29, 0.717) is 6.61 Å². The van der Waals surface area contributed by atoms with Crippen molar-refractivity contribution in [3.8, 4) is 5.75 Å². The molecule has 4 nitrogen and oxygen atoms in total. The van der Waals surface area contributed by atoms with Crippen molar-refractivity contribution in [1.29, 1.82) is 0 Å². The summed E-state index contributed by atoms with van der Waals surface area (Å²) >= 11 is 0. The number of benzene rings is 2. The van der Waals surface area contributed by atoms with E-state index in [2.05, 4.69) is 27.3 Å². The third-order valence-corrected chi connectivity index (χ3v) is 3.42. The van der Waals surface area contributed by atoms with E-state index in [1.807, 2.05) is 49.5 Å². The number of nitrogens with zero attached hydrogens (tertiary/aromatic N) is 2. The molecule has 2 aromatic rings. The highest BCUT2D eigenvalue weighted by Crippen LogP contribution is 2.17. The summed E-state index contributed by atoms with van der Waals surface area (Å²) < 4.78 is 5.77. The maximum atomic E-state index is 5.77. The standard InChI is InChI=1S/C17H19N3O/c1-20-12-11-18-17(20)19-15-7-9-16(10-8-15)21-13-14-5-3-2-4-6-14/h2-10H,11-13H2,1H3,(H,18,19). The molecular weight excluding hydrogens is 262 g/mol. The van der Waals surface area contributed by atoms with Crippen LogP contribution < -0.4 is 10.1 Å². The Morgan fingerprint density at radius 3 is 2.52 bits per heavy atom. The van der Waals surface area contributed by atoms with Crippen LogP contribution in [0, 0.1) is 0 Å². The Morgan fingerprint density at radius 2 is 1.86 bits per heavy atom. The molecule has 0 atom stereocenters. The highest BCUT2D eigenvalue weighted by molar-refractivity contribution is 5.94. The van der Waals surface area contributed by atoms with Gasteiger partial charge in [0.25, 0.3) is 0 Å². The minimum absolute atomic E-state index is 0.586. The van der Waals surface area contributed by atoms with Crippen LogP contribution in [0.1, 0.15) is 5.56 Å². The van der Waals surface area contributed by atoms with E-state index in [9.17, 15) is 0 Å². The first kappa shape index (κ1) is 13.5. The average molecular weight is 281 g/mol. The van der Waals surface area contributed by atoms with Crippen molar-refractivity contribution >= 4 is 11.6 Å². The molecule has 0 unspecified atom stereocenters. The van der Waals surface area contributed by atoms with Gasteiger partial charge in [0.2, 0.25) is 0 Å². The van der Waals surface area contributed by atoms with Gasteiger partial charge in [-0.3, -0.25) is 4.99 Å². The topological polar surface area (TPSA) is 36.9 Å². The van der Waals surface area contributed by atoms with E-state index in [-0.39, 0.29) is 0 Å². The fourth-order valence-electron chi connectivity index (χ4n) is 2.17. The number of hydrogen-bond donors (Lipinski definition) is 1. The van der Waals surface area contributed by atoms with Gasteiger partial charge >= 0.3 is 0 Å². The molecule has 0 aliphatic carbocycles. The highest BCUT2D eigenvalue weighted by Gasteiger charge is 2.11. The van der Waals surface area contributed by atoms with Crippen molar-refractivity contribution in [2.45, 2.75) is 6.61 Å². The molecule has 3 rings (SSSR count). The molecule has 0 bridgehead atoms. The molecule has 2 aromatic carbocycles. The van der Waals surface area contributed by atoms with E-state index in [0.717, 1.165) is 30.5 Å². The summed E-state index contributed by atoms with van der Waals surface area (Å²) in [7, 11) is 2.04. The summed E-state index contributed by atoms with van der Waals surface area (Å²) in [6.45, 7) is 2.42. The smallest absolute Gasteiger partial charge is 0.198 e. The first-order chi connectivity index (χ1) is 10.3. The minimum Gasteiger partial charge on any atom is -0.489 e. The van der Waals surface area contributed by atoms with Crippen LogP contribution in [0.3, 0.4) is 0 Å². The lowest BCUT2D eigenvalue weighted by molar-refractivity contribution is 0.306. The summed E-state index contributed by atoms with van der Waals surface area (Å²) in [4.78, 5) is 6.52. The maximum absolute atomic E-state index is 5.77. The molecule has 0 radical (unpaired) electrons. The number of rotatable bonds is 4. The number of guanidine groups is 1. The number of hydrogen-bond acceptors (Lipinski definition) is 4. The van der Waals surface area contributed by atoms with E-state index in [4.69, 9.17) is 4.74 Å². The lowest BCUT2D eigenvalue weighted by atomic mass is 10.2. The second-order valence-corrected chi connectivity index (χ2v) is 5.05. The molecule has 0 fully saturated rings. The van der Waals surface area contributed by atoms with Crippen molar-refractivity contribution in [3.63, 3.8) is 0 Å². The first-order valence-electron chi connectivity index (χ1n) is 7.11. The zero-order valence-electron chi connectivity index (χ0n) is 12.1. The normalized spacial score (nSPS) is 14.0. The molecule has 0 saturated carbocycles. The molecule has 0 saturated heterocycles. The molecule has 21 heavy (non-hydrogen) atoms. The molecule has 0 spiro atoms. The van der Waals surface area contributed by atoms with Gasteiger partial charge in [-0.15, -0.1) is 0 Å². The lowest BCUT2D eigenvalue weighted by Gasteiger charge is -2.15. The van der Waals surface area contributed by atoms with E-state index in [1.165, 1.54) is 5.56 Å². The Hall–Kier alpha value is -2.49. The summed E-state index contributed by atoms with van der Waals surface area (Å²) in [5, 5.41) is 3.31. The molecule has 1 N–H and O–H groups in total. The lowest BCUT2D eigenvalue weighted by Crippen LogP contribution is -2.28. The highest BCUT2D eigenvalue weighted by atomic mass is 16.5. The number of nitrogens with one attached hydrogen (secondary N) is 1. The zero-order valence-corrected chi connectivity index (χ0v) is 12.1. The van der Waals surface area contributed by atoms with Crippen LogP contribution in [-0.2, 0) is 6.61 Å². The second kappa shape index (κ2) is 6.31. The molecule has 1 aliphatic heterocycles. The third kappa shape index (κ3) is 3.54. The summed E-state index contributed by atoms with van der Waals surface area (Å²) in [6.07, 6.45) is 0. The Bertz CT molecular complexity index is 608. The van der Waals surface area contributed by atoms with Crippen molar-refractivity contribution in [3.05, 3.63) is 60.2 Å². The zero-order chi connectivity index (χ0) is 14.5. The number of likely N-dealkylation sites (N-methyl/N-ethyl adjacent to an activating group) is 1. The van der Waals surface area contributed by atoms with Crippen LogP contribution in [0.4, 0.5) is 5.69 Å². The minimum atomic E-state index is 0.586. The van der Waals surface area contributed by atoms with Gasteiger partial charge in [-0.2, -0.15) is 0 Å². The molecule has 1 heterocycles. The van der Waals surface area contributed by atoms with Gasteiger partial charge in [0.15, 0.2) is 5.96 Å². The second-order valence-electron chi connectivity index (χ2n) is 5.05. The van der Waals surface area contributed by atoms with Crippen molar-refractivity contribution < 1.29 is 4.74 Å². The van der Waals surface area contributed by atoms with E-state index < -0.39 is 0 Å². The fourth-order valence-corrected chi connectivity index (χ4v) is 2.17. The van der Waals surface area contributed by atoms with Gasteiger partial charge in [0.05, 0.1) is 6.54 Å². The Kier molecular flexibility index (Phi) is 4.05. The molecule has 108 valence electrons. The maximum Gasteiger partial charge on any atom is 0.198 e. The van der Waals surface area contributed by atoms with Crippen molar-refractivity contribution in [2.75, 3.05) is 25.5 Å². The van der Waals surface area contributed by atoms with E-state index >= 15 is 0 Å². The quantitative estimate of drug-likeness (QED) is 0.936. The van der Waals surface area contributed by atoms with Crippen LogP contribution in [0.25, 0.3) is 0 Å². The van der Waals surface area contributed by atoms with Crippen molar-refractivity contribution in [2.24, 2.45) is 4.99 Å². The Morgan fingerprint density at radius 1 is 1.10 bits per heavy atom. The average Bonchev–Trinajstić information content (AvgIpc) is 2.93. The van der Waals surface area contributed by atoms with Crippen LogP contribution in [0.15, 0.2) is 59.6 Å². The van der Waals surface area contributed by atoms with Gasteiger partial charge in [-0.1, -0.05) is 30.3 Å². The molecule has 0 aromatic heterocycles. The molecule has 1 aliphatic rings. The number of aliphatic imine (C=N–C) groups is 1. The monoisotopic (exact) mass is 281 g/mol. The van der Waals surface area contributed by atoms with Crippen LogP contribution in [-0.4, -0.2) is 31.0 Å². The van der Waals surface area contributed by atoms with Gasteiger partial charge in [0, 0.05) is 19.3 Å². The van der Waals surface area contributed by atoms with Crippen LogP contribution in [0.2, 0.25) is 0 Å².